The standard InChI is InChI=1S/C17H19N3/c1-13(10-11-14-6-3-2-4-7-14)19-16-9-5-8-15-12-18-20-17(15)16/h2-9,12-13,19H,10-11H2,1H3,(H,18,20). The third-order valence-corrected chi connectivity index (χ3v) is 3.59. The lowest BCUT2D eigenvalue weighted by atomic mass is 10.1. The topological polar surface area (TPSA) is 40.7 Å². The molecule has 0 aliphatic carbocycles. The number of aryl methyl sites for hydroxylation is 1. The number of nitrogens with one attached hydrogen (secondary N) is 2. The average Bonchev–Trinajstić information content (AvgIpc) is 2.96. The molecular weight excluding hydrogens is 246 g/mol. The lowest BCUT2D eigenvalue weighted by Crippen LogP contribution is -2.16. The van der Waals surface area contributed by atoms with Gasteiger partial charge in [0.05, 0.1) is 17.4 Å². The molecule has 2 aromatic carbocycles. The maximum absolute atomic E-state index is 4.10. The number of hydrogen-bond donors (Lipinski definition) is 2. The van der Waals surface area contributed by atoms with Gasteiger partial charge in [-0.15, -0.1) is 0 Å². The van der Waals surface area contributed by atoms with E-state index in [9.17, 15) is 0 Å². The van der Waals surface area contributed by atoms with E-state index in [0.29, 0.717) is 6.04 Å². The van der Waals surface area contributed by atoms with Crippen molar-refractivity contribution in [3.63, 3.8) is 0 Å². The summed E-state index contributed by atoms with van der Waals surface area (Å²) in [5.41, 5.74) is 3.60. The number of fused-ring (bicyclic) bond motifs is 1. The van der Waals surface area contributed by atoms with Gasteiger partial charge in [0.15, 0.2) is 0 Å². The first-order chi connectivity index (χ1) is 9.83. The van der Waals surface area contributed by atoms with Crippen LogP contribution >= 0.6 is 0 Å². The first-order valence-corrected chi connectivity index (χ1v) is 7.05. The molecule has 0 fully saturated rings. The summed E-state index contributed by atoms with van der Waals surface area (Å²) in [5, 5.41) is 11.9. The van der Waals surface area contributed by atoms with Gasteiger partial charge in [-0.25, -0.2) is 0 Å². The van der Waals surface area contributed by atoms with Crippen molar-refractivity contribution in [1.82, 2.24) is 10.2 Å². The highest BCUT2D eigenvalue weighted by Crippen LogP contribution is 2.21. The second-order valence-electron chi connectivity index (χ2n) is 5.21. The first kappa shape index (κ1) is 12.7. The first-order valence-electron chi connectivity index (χ1n) is 7.05. The number of aromatic nitrogens is 2. The Hall–Kier alpha value is -2.29. The Morgan fingerprint density at radius 3 is 2.80 bits per heavy atom. The smallest absolute Gasteiger partial charge is 0.0881 e. The normalized spacial score (nSPS) is 12.4. The predicted molar refractivity (Wildman–Crippen MR) is 83.9 cm³/mol. The Kier molecular flexibility index (Phi) is 3.68. The van der Waals surface area contributed by atoms with Crippen LogP contribution < -0.4 is 5.32 Å². The number of para-hydroxylation sites is 1. The van der Waals surface area contributed by atoms with Crippen molar-refractivity contribution < 1.29 is 0 Å². The fourth-order valence-electron chi connectivity index (χ4n) is 2.45. The lowest BCUT2D eigenvalue weighted by molar-refractivity contribution is 0.707. The van der Waals surface area contributed by atoms with E-state index in [4.69, 9.17) is 0 Å². The van der Waals surface area contributed by atoms with E-state index in [0.717, 1.165) is 29.4 Å². The minimum Gasteiger partial charge on any atom is -0.381 e. The van der Waals surface area contributed by atoms with Crippen LogP contribution in [0.25, 0.3) is 10.9 Å². The average molecular weight is 265 g/mol. The van der Waals surface area contributed by atoms with E-state index < -0.39 is 0 Å². The number of H-pyrrole nitrogens is 1. The van der Waals surface area contributed by atoms with Crippen molar-refractivity contribution >= 4 is 16.6 Å². The molecule has 102 valence electrons. The molecule has 1 heterocycles. The summed E-state index contributed by atoms with van der Waals surface area (Å²) < 4.78 is 0. The van der Waals surface area contributed by atoms with Crippen molar-refractivity contribution in [1.29, 1.82) is 0 Å². The van der Waals surface area contributed by atoms with Crippen LogP contribution in [-0.2, 0) is 6.42 Å². The van der Waals surface area contributed by atoms with Gasteiger partial charge in [0.2, 0.25) is 0 Å². The highest BCUT2D eigenvalue weighted by Gasteiger charge is 2.06. The second kappa shape index (κ2) is 5.78. The minimum atomic E-state index is 0.420. The molecule has 3 nitrogen and oxygen atoms in total. The van der Waals surface area contributed by atoms with Crippen molar-refractivity contribution in [3.05, 3.63) is 60.3 Å². The zero-order chi connectivity index (χ0) is 13.8. The van der Waals surface area contributed by atoms with Crippen LogP contribution in [0.1, 0.15) is 18.9 Å². The molecule has 1 atom stereocenters. The molecule has 3 heteroatoms. The third-order valence-electron chi connectivity index (χ3n) is 3.59. The van der Waals surface area contributed by atoms with E-state index in [1.165, 1.54) is 5.56 Å². The van der Waals surface area contributed by atoms with E-state index >= 15 is 0 Å². The quantitative estimate of drug-likeness (QED) is 0.732. The Labute approximate surface area is 119 Å². The number of anilines is 1. The second-order valence-corrected chi connectivity index (χ2v) is 5.21. The van der Waals surface area contributed by atoms with Gasteiger partial charge in [0.25, 0.3) is 0 Å². The molecule has 0 saturated carbocycles. The Bertz CT molecular complexity index is 673. The number of benzene rings is 2. The largest absolute Gasteiger partial charge is 0.381 e. The van der Waals surface area contributed by atoms with Crippen molar-refractivity contribution in [2.45, 2.75) is 25.8 Å². The summed E-state index contributed by atoms with van der Waals surface area (Å²) in [5.74, 6) is 0. The molecule has 1 aromatic heterocycles. The van der Waals surface area contributed by atoms with Gasteiger partial charge < -0.3 is 5.32 Å². The van der Waals surface area contributed by atoms with Crippen LogP contribution in [0.2, 0.25) is 0 Å². The van der Waals surface area contributed by atoms with Crippen molar-refractivity contribution in [2.75, 3.05) is 5.32 Å². The molecule has 3 rings (SSSR count). The summed E-state index contributed by atoms with van der Waals surface area (Å²) in [6.45, 7) is 2.22. The van der Waals surface area contributed by atoms with E-state index in [-0.39, 0.29) is 0 Å². The number of hydrogen-bond acceptors (Lipinski definition) is 2. The van der Waals surface area contributed by atoms with Crippen LogP contribution in [0.5, 0.6) is 0 Å². The SMILES string of the molecule is CC(CCc1ccccc1)Nc1cccc2cn[nH]c12. The van der Waals surface area contributed by atoms with Crippen LogP contribution in [0.4, 0.5) is 5.69 Å². The molecule has 0 radical (unpaired) electrons. The van der Waals surface area contributed by atoms with Gasteiger partial charge in [-0.2, -0.15) is 5.10 Å². The fourth-order valence-corrected chi connectivity index (χ4v) is 2.45. The van der Waals surface area contributed by atoms with Gasteiger partial charge in [0, 0.05) is 11.4 Å². The molecule has 0 aliphatic heterocycles. The molecule has 1 unspecified atom stereocenters. The van der Waals surface area contributed by atoms with Gasteiger partial charge in [-0.1, -0.05) is 42.5 Å². The third kappa shape index (κ3) is 2.82. The molecule has 0 bridgehead atoms. The van der Waals surface area contributed by atoms with Gasteiger partial charge in [0.1, 0.15) is 0 Å². The van der Waals surface area contributed by atoms with Crippen LogP contribution in [-0.4, -0.2) is 16.2 Å². The van der Waals surface area contributed by atoms with Gasteiger partial charge >= 0.3 is 0 Å². The number of nitrogens with zero attached hydrogens (tertiary/aromatic N) is 1. The molecule has 0 aliphatic rings. The van der Waals surface area contributed by atoms with Crippen LogP contribution in [0, 0.1) is 0 Å². The maximum atomic E-state index is 4.10. The van der Waals surface area contributed by atoms with Crippen LogP contribution in [0.15, 0.2) is 54.7 Å². The fraction of sp³-hybridized carbons (Fsp3) is 0.235. The monoisotopic (exact) mass is 265 g/mol. The molecule has 20 heavy (non-hydrogen) atoms. The summed E-state index contributed by atoms with van der Waals surface area (Å²) in [6, 6.07) is 17.3. The Morgan fingerprint density at radius 2 is 1.95 bits per heavy atom. The van der Waals surface area contributed by atoms with Gasteiger partial charge in [-0.05, 0) is 31.4 Å². The molecule has 0 amide bonds. The number of rotatable bonds is 5. The molecule has 0 saturated heterocycles. The molecule has 2 N–H and O–H groups in total. The molecule has 0 spiro atoms. The summed E-state index contributed by atoms with van der Waals surface area (Å²) in [4.78, 5) is 0. The molecule has 3 aromatic rings. The van der Waals surface area contributed by atoms with Crippen LogP contribution in [0.3, 0.4) is 0 Å². The molecular formula is C17H19N3. The van der Waals surface area contributed by atoms with E-state index in [1.807, 2.05) is 6.20 Å². The zero-order valence-electron chi connectivity index (χ0n) is 11.6. The van der Waals surface area contributed by atoms with Gasteiger partial charge in [-0.3, -0.25) is 5.10 Å². The highest BCUT2D eigenvalue weighted by atomic mass is 15.1. The summed E-state index contributed by atoms with van der Waals surface area (Å²) in [7, 11) is 0. The Balaban J connectivity index is 1.64. The maximum Gasteiger partial charge on any atom is 0.0881 e. The highest BCUT2D eigenvalue weighted by molar-refractivity contribution is 5.89. The van der Waals surface area contributed by atoms with E-state index in [1.54, 1.807) is 0 Å². The summed E-state index contributed by atoms with van der Waals surface area (Å²) in [6.07, 6.45) is 4.05. The zero-order valence-corrected chi connectivity index (χ0v) is 11.6. The summed E-state index contributed by atoms with van der Waals surface area (Å²) >= 11 is 0. The predicted octanol–water partition coefficient (Wildman–Crippen LogP) is 4.00. The van der Waals surface area contributed by atoms with Crippen molar-refractivity contribution in [2.24, 2.45) is 0 Å². The Morgan fingerprint density at radius 1 is 1.10 bits per heavy atom. The van der Waals surface area contributed by atoms with Crippen molar-refractivity contribution in [3.8, 4) is 0 Å². The van der Waals surface area contributed by atoms with E-state index in [2.05, 4.69) is 71.0 Å². The number of aromatic amines is 1. The minimum absolute atomic E-state index is 0.420. The lowest BCUT2D eigenvalue weighted by Gasteiger charge is -2.15.